The second-order valence-corrected chi connectivity index (χ2v) is 13.4. The number of nitrogens with zero attached hydrogens (tertiary/aromatic N) is 2. The number of ether oxygens (including phenoxy) is 4. The second-order valence-electron chi connectivity index (χ2n) is 13.4. The lowest BCUT2D eigenvalue weighted by Gasteiger charge is -2.47. The Labute approximate surface area is 312 Å². The van der Waals surface area contributed by atoms with Gasteiger partial charge in [-0.05, 0) is 100 Å². The van der Waals surface area contributed by atoms with E-state index in [-0.39, 0.29) is 22.3 Å². The lowest BCUT2D eigenvalue weighted by atomic mass is 9.72. The molecule has 282 valence electrons. The average Bonchev–Trinajstić information content (AvgIpc) is 3.29. The van der Waals surface area contributed by atoms with Gasteiger partial charge in [-0.25, -0.2) is 28.0 Å². The van der Waals surface area contributed by atoms with E-state index >= 15 is 0 Å². The van der Waals surface area contributed by atoms with Crippen LogP contribution in [0.4, 0.5) is 8.78 Å². The molecule has 4 aromatic carbocycles. The number of aromatic nitrogens is 2. The summed E-state index contributed by atoms with van der Waals surface area (Å²) in [4.78, 5) is 82.5. The number of carbonyl (C=O) groups excluding carboxylic acids is 4. The number of esters is 3. The minimum absolute atomic E-state index is 0.0328. The summed E-state index contributed by atoms with van der Waals surface area (Å²) < 4.78 is 53.5. The summed E-state index contributed by atoms with van der Waals surface area (Å²) in [5.74, 6) is -5.16. The van der Waals surface area contributed by atoms with Gasteiger partial charge >= 0.3 is 23.6 Å². The monoisotopic (exact) mass is 752 g/mol. The Balaban J connectivity index is 1.56. The van der Waals surface area contributed by atoms with Crippen LogP contribution >= 0.6 is 0 Å². The van der Waals surface area contributed by atoms with Gasteiger partial charge in [0.25, 0.3) is 11.5 Å². The zero-order valence-corrected chi connectivity index (χ0v) is 30.0. The number of carbonyl (C=O) groups is 4. The van der Waals surface area contributed by atoms with Crippen LogP contribution in [0.15, 0.2) is 131 Å². The van der Waals surface area contributed by atoms with Crippen LogP contribution < -0.4 is 11.2 Å². The molecule has 6 rings (SSSR count). The Bertz CT molecular complexity index is 2400. The van der Waals surface area contributed by atoms with Crippen LogP contribution in [0.1, 0.15) is 69.1 Å². The molecular weight excluding hydrogens is 718 g/mol. The maximum absolute atomic E-state index is 14.4. The Hall–Kier alpha value is -6.54. The molecule has 2 heterocycles. The maximum Gasteiger partial charge on any atom is 0.340 e. The molecule has 1 fully saturated rings. The molecule has 55 heavy (non-hydrogen) atoms. The molecule has 0 radical (unpaired) electrons. The predicted molar refractivity (Wildman–Crippen MR) is 191 cm³/mol. The molecule has 0 saturated carbocycles. The highest BCUT2D eigenvalue weighted by Crippen LogP contribution is 2.58. The highest BCUT2D eigenvalue weighted by atomic mass is 19.1. The SMILES string of the molecule is CC1(COC(=O)c2ccc(F)cc2)OC(C)(n2ccc(=O)n(C(=O)c3ccc(F)cc3)c2=O)C(C)(OC(=O)c2ccccc2)C1(C)OC(=O)c1ccccc1. The van der Waals surface area contributed by atoms with Gasteiger partial charge in [-0.1, -0.05) is 36.4 Å². The Morgan fingerprint density at radius 1 is 0.600 bits per heavy atom. The number of rotatable bonds is 9. The van der Waals surface area contributed by atoms with Gasteiger partial charge in [-0.15, -0.1) is 0 Å². The summed E-state index contributed by atoms with van der Waals surface area (Å²) in [6.45, 7) is 4.70. The van der Waals surface area contributed by atoms with E-state index in [1.165, 1.54) is 64.1 Å². The quantitative estimate of drug-likeness (QED) is 0.139. The molecule has 0 spiro atoms. The largest absolute Gasteiger partial charge is 0.459 e. The highest BCUT2D eigenvalue weighted by molar-refractivity contribution is 5.95. The van der Waals surface area contributed by atoms with E-state index in [1.807, 2.05) is 0 Å². The molecule has 0 aliphatic carbocycles. The topological polar surface area (TPSA) is 149 Å². The Morgan fingerprint density at radius 2 is 1.05 bits per heavy atom. The van der Waals surface area contributed by atoms with Gasteiger partial charge in [0.05, 0.1) is 16.7 Å². The third-order valence-corrected chi connectivity index (χ3v) is 10.1. The van der Waals surface area contributed by atoms with Crippen molar-refractivity contribution in [2.75, 3.05) is 6.61 Å². The summed E-state index contributed by atoms with van der Waals surface area (Å²) >= 11 is 0. The number of hydrogen-bond donors (Lipinski definition) is 0. The van der Waals surface area contributed by atoms with Gasteiger partial charge in [0.2, 0.25) is 0 Å². The number of halogens is 2. The summed E-state index contributed by atoms with van der Waals surface area (Å²) in [5, 5.41) is 0. The minimum atomic E-state index is -2.28. The zero-order chi connectivity index (χ0) is 39.8. The first-order valence-corrected chi connectivity index (χ1v) is 16.9. The fraction of sp³-hybridized carbons (Fsp3) is 0.220. The van der Waals surface area contributed by atoms with Crippen molar-refractivity contribution >= 4 is 23.8 Å². The van der Waals surface area contributed by atoms with Crippen LogP contribution in [0.25, 0.3) is 0 Å². The van der Waals surface area contributed by atoms with E-state index in [1.54, 1.807) is 36.4 Å². The molecule has 1 aromatic heterocycles. The molecule has 1 aliphatic heterocycles. The molecule has 0 bridgehead atoms. The van der Waals surface area contributed by atoms with Crippen molar-refractivity contribution in [2.24, 2.45) is 0 Å². The van der Waals surface area contributed by atoms with Crippen LogP contribution in [0.2, 0.25) is 0 Å². The van der Waals surface area contributed by atoms with E-state index < -0.39 is 75.8 Å². The number of benzene rings is 4. The van der Waals surface area contributed by atoms with Crippen LogP contribution in [0.3, 0.4) is 0 Å². The van der Waals surface area contributed by atoms with Crippen LogP contribution in [-0.4, -0.2) is 56.4 Å². The standard InChI is InChI=1S/C41H34F2N2O10/c1-38(25-52-34(48)29-17-21-31(43)22-18-29)39(2,53-35(49)27-11-7-5-8-12-27)40(3,54-36(50)28-13-9-6-10-14-28)41(4,55-38)44-24-23-32(46)45(37(44)51)33(47)26-15-19-30(42)20-16-26/h5-24H,25H2,1-4H3. The first-order valence-electron chi connectivity index (χ1n) is 16.9. The second kappa shape index (κ2) is 14.4. The lowest BCUT2D eigenvalue weighted by molar-refractivity contribution is -0.198. The van der Waals surface area contributed by atoms with Crippen molar-refractivity contribution in [3.63, 3.8) is 0 Å². The highest BCUT2D eigenvalue weighted by Gasteiger charge is 2.79. The van der Waals surface area contributed by atoms with Crippen molar-refractivity contribution in [1.82, 2.24) is 9.13 Å². The van der Waals surface area contributed by atoms with Gasteiger partial charge < -0.3 is 18.9 Å². The van der Waals surface area contributed by atoms with E-state index in [2.05, 4.69) is 0 Å². The van der Waals surface area contributed by atoms with Gasteiger partial charge in [0.1, 0.15) is 23.8 Å². The van der Waals surface area contributed by atoms with Crippen molar-refractivity contribution in [2.45, 2.75) is 50.2 Å². The summed E-state index contributed by atoms with van der Waals surface area (Å²) in [6.07, 6.45) is 1.02. The predicted octanol–water partition coefficient (Wildman–Crippen LogP) is 5.53. The van der Waals surface area contributed by atoms with Crippen molar-refractivity contribution < 1.29 is 46.9 Å². The van der Waals surface area contributed by atoms with Crippen LogP contribution in [0.5, 0.6) is 0 Å². The van der Waals surface area contributed by atoms with Gasteiger partial charge in [-0.3, -0.25) is 14.2 Å². The maximum atomic E-state index is 14.4. The third-order valence-electron chi connectivity index (χ3n) is 10.1. The van der Waals surface area contributed by atoms with Gasteiger partial charge in [0.15, 0.2) is 16.9 Å². The summed E-state index contributed by atoms with van der Waals surface area (Å²) in [6, 6.07) is 25.1. The van der Waals surface area contributed by atoms with E-state index in [0.717, 1.165) is 53.2 Å². The Morgan fingerprint density at radius 3 is 1.56 bits per heavy atom. The molecule has 1 aliphatic rings. The van der Waals surface area contributed by atoms with Gasteiger partial charge in [-0.2, -0.15) is 4.57 Å². The molecule has 1 saturated heterocycles. The molecule has 0 amide bonds. The molecular formula is C41H34F2N2O10. The fourth-order valence-electron chi connectivity index (χ4n) is 6.65. The first-order chi connectivity index (χ1) is 26.0. The minimum Gasteiger partial charge on any atom is -0.459 e. The van der Waals surface area contributed by atoms with Crippen molar-refractivity contribution in [3.05, 3.63) is 176 Å². The third kappa shape index (κ3) is 6.65. The first kappa shape index (κ1) is 38.2. The molecule has 4 unspecified atom stereocenters. The van der Waals surface area contributed by atoms with Crippen LogP contribution in [-0.2, 0) is 24.7 Å². The van der Waals surface area contributed by atoms with Crippen LogP contribution in [0, 0.1) is 11.6 Å². The summed E-state index contributed by atoms with van der Waals surface area (Å²) in [7, 11) is 0. The van der Waals surface area contributed by atoms with E-state index in [0.29, 0.717) is 4.57 Å². The zero-order valence-electron chi connectivity index (χ0n) is 30.0. The molecule has 5 aromatic rings. The Kier molecular flexibility index (Phi) is 9.97. The fourth-order valence-corrected chi connectivity index (χ4v) is 6.65. The molecule has 14 heteroatoms. The van der Waals surface area contributed by atoms with Crippen molar-refractivity contribution in [1.29, 1.82) is 0 Å². The molecule has 12 nitrogen and oxygen atoms in total. The van der Waals surface area contributed by atoms with Gasteiger partial charge in [0, 0.05) is 17.8 Å². The number of hydrogen-bond acceptors (Lipinski definition) is 10. The van der Waals surface area contributed by atoms with Crippen molar-refractivity contribution in [3.8, 4) is 0 Å². The lowest BCUT2D eigenvalue weighted by Crippen LogP contribution is -2.68. The average molecular weight is 753 g/mol. The molecule has 4 atom stereocenters. The normalized spacial score (nSPS) is 23.1. The smallest absolute Gasteiger partial charge is 0.340 e. The van der Waals surface area contributed by atoms with E-state index in [4.69, 9.17) is 18.9 Å². The summed E-state index contributed by atoms with van der Waals surface area (Å²) in [5.41, 5.74) is -11.2. The van der Waals surface area contributed by atoms with E-state index in [9.17, 15) is 37.5 Å². The molecule has 0 N–H and O–H groups in total.